The average Bonchev–Trinajstić information content (AvgIpc) is 2.73. The van der Waals surface area contributed by atoms with Crippen molar-refractivity contribution in [1.82, 2.24) is 9.55 Å². The number of esters is 1. The van der Waals surface area contributed by atoms with E-state index in [0.717, 1.165) is 17.5 Å². The molecule has 0 aliphatic carbocycles. The van der Waals surface area contributed by atoms with Gasteiger partial charge in [-0.25, -0.2) is 9.78 Å². The molecule has 0 aromatic carbocycles. The van der Waals surface area contributed by atoms with Gasteiger partial charge in [0, 0.05) is 11.9 Å². The van der Waals surface area contributed by atoms with Gasteiger partial charge >= 0.3 is 11.9 Å². The Hall–Kier alpha value is -1.50. The molecule has 1 aromatic heterocycles. The van der Waals surface area contributed by atoms with Gasteiger partial charge in [0.25, 0.3) is 0 Å². The number of hydrogen-bond donors (Lipinski definition) is 1. The van der Waals surface area contributed by atoms with Gasteiger partial charge < -0.3 is 14.4 Å². The maximum atomic E-state index is 12.0. The van der Waals surface area contributed by atoms with Crippen LogP contribution in [0.1, 0.15) is 32.0 Å². The number of carboxylic acids is 1. The van der Waals surface area contributed by atoms with Crippen molar-refractivity contribution in [3.63, 3.8) is 0 Å². The summed E-state index contributed by atoms with van der Waals surface area (Å²) >= 11 is 1.10. The number of imidazole rings is 1. The minimum Gasteiger partial charge on any atom is -0.481 e. The standard InChI is InChI=1S/C13H20N2O4S/c1-8(2)5-10(12(18)19-4)15-9(3)6-14-13(15)20-7-11(16)17/h6,8,10H,5,7H2,1-4H3,(H,16,17). The van der Waals surface area contributed by atoms with Crippen molar-refractivity contribution in [2.24, 2.45) is 5.92 Å². The van der Waals surface area contributed by atoms with Crippen LogP contribution >= 0.6 is 11.8 Å². The summed E-state index contributed by atoms with van der Waals surface area (Å²) in [4.78, 5) is 26.9. The number of methoxy groups -OCH3 is 1. The highest BCUT2D eigenvalue weighted by Gasteiger charge is 2.26. The topological polar surface area (TPSA) is 81.4 Å². The lowest BCUT2D eigenvalue weighted by molar-refractivity contribution is -0.145. The molecule has 0 bridgehead atoms. The van der Waals surface area contributed by atoms with Crippen molar-refractivity contribution in [3.05, 3.63) is 11.9 Å². The van der Waals surface area contributed by atoms with E-state index in [1.165, 1.54) is 7.11 Å². The quantitative estimate of drug-likeness (QED) is 0.613. The van der Waals surface area contributed by atoms with Crippen LogP contribution in [0, 0.1) is 12.8 Å². The first-order valence-corrected chi connectivity index (χ1v) is 7.31. The summed E-state index contributed by atoms with van der Waals surface area (Å²) in [6, 6.07) is -0.473. The lowest BCUT2D eigenvalue weighted by Gasteiger charge is -2.21. The van der Waals surface area contributed by atoms with E-state index < -0.39 is 12.0 Å². The number of hydrogen-bond acceptors (Lipinski definition) is 5. The van der Waals surface area contributed by atoms with E-state index in [2.05, 4.69) is 4.98 Å². The van der Waals surface area contributed by atoms with Gasteiger partial charge in [-0.1, -0.05) is 25.6 Å². The largest absolute Gasteiger partial charge is 0.481 e. The van der Waals surface area contributed by atoms with Gasteiger partial charge in [0.15, 0.2) is 5.16 Å². The minimum atomic E-state index is -0.916. The van der Waals surface area contributed by atoms with E-state index in [4.69, 9.17) is 9.84 Å². The molecule has 0 amide bonds. The molecule has 7 heteroatoms. The summed E-state index contributed by atoms with van der Waals surface area (Å²) in [5.74, 6) is -1.04. The second-order valence-electron chi connectivity index (χ2n) is 4.90. The van der Waals surface area contributed by atoms with E-state index in [-0.39, 0.29) is 11.7 Å². The number of carbonyl (C=O) groups excluding carboxylic acids is 1. The van der Waals surface area contributed by atoms with Gasteiger partial charge in [-0.3, -0.25) is 4.79 Å². The lowest BCUT2D eigenvalue weighted by Crippen LogP contribution is -2.24. The Labute approximate surface area is 122 Å². The van der Waals surface area contributed by atoms with Crippen LogP contribution in [-0.4, -0.2) is 39.5 Å². The molecule has 20 heavy (non-hydrogen) atoms. The highest BCUT2D eigenvalue weighted by Crippen LogP contribution is 2.27. The molecular formula is C13H20N2O4S. The Morgan fingerprint density at radius 1 is 1.50 bits per heavy atom. The summed E-state index contributed by atoms with van der Waals surface area (Å²) in [5.41, 5.74) is 0.814. The Kier molecular flexibility index (Phi) is 6.06. The number of aromatic nitrogens is 2. The Morgan fingerprint density at radius 2 is 2.15 bits per heavy atom. The summed E-state index contributed by atoms with van der Waals surface area (Å²) in [6.07, 6.45) is 2.25. The van der Waals surface area contributed by atoms with E-state index >= 15 is 0 Å². The van der Waals surface area contributed by atoms with Crippen molar-refractivity contribution in [2.45, 2.75) is 38.4 Å². The smallest absolute Gasteiger partial charge is 0.328 e. The molecule has 0 radical (unpaired) electrons. The molecule has 1 aromatic rings. The van der Waals surface area contributed by atoms with Gasteiger partial charge in [-0.2, -0.15) is 0 Å². The second kappa shape index (κ2) is 7.33. The van der Waals surface area contributed by atoms with E-state index in [1.807, 2.05) is 20.8 Å². The Balaban J connectivity index is 3.08. The highest BCUT2D eigenvalue weighted by molar-refractivity contribution is 7.99. The third-order valence-corrected chi connectivity index (χ3v) is 3.70. The zero-order valence-electron chi connectivity index (χ0n) is 12.1. The minimum absolute atomic E-state index is 0.0912. The fraction of sp³-hybridized carbons (Fsp3) is 0.615. The second-order valence-corrected chi connectivity index (χ2v) is 5.85. The van der Waals surface area contributed by atoms with Crippen LogP contribution in [0.2, 0.25) is 0 Å². The molecule has 0 fully saturated rings. The van der Waals surface area contributed by atoms with Crippen molar-refractivity contribution in [3.8, 4) is 0 Å². The van der Waals surface area contributed by atoms with Crippen LogP contribution < -0.4 is 0 Å². The summed E-state index contributed by atoms with van der Waals surface area (Å²) in [7, 11) is 1.35. The number of ether oxygens (including phenoxy) is 1. The number of rotatable bonds is 7. The predicted octanol–water partition coefficient (Wildman–Crippen LogP) is 2.13. The van der Waals surface area contributed by atoms with Gasteiger partial charge in [-0.05, 0) is 19.3 Å². The molecule has 0 saturated carbocycles. The number of aliphatic carboxylic acids is 1. The SMILES string of the molecule is COC(=O)C(CC(C)C)n1c(C)cnc1SCC(=O)O. The third-order valence-electron chi connectivity index (χ3n) is 2.75. The number of nitrogens with zero attached hydrogens (tertiary/aromatic N) is 2. The lowest BCUT2D eigenvalue weighted by atomic mass is 10.0. The Bertz CT molecular complexity index is 485. The fourth-order valence-electron chi connectivity index (χ4n) is 1.93. The Morgan fingerprint density at radius 3 is 2.65 bits per heavy atom. The zero-order chi connectivity index (χ0) is 15.3. The monoisotopic (exact) mass is 300 g/mol. The first-order valence-electron chi connectivity index (χ1n) is 6.33. The first kappa shape index (κ1) is 16.6. The van der Waals surface area contributed by atoms with Crippen LogP contribution in [0.25, 0.3) is 0 Å². The molecule has 0 spiro atoms. The number of carbonyl (C=O) groups is 2. The molecule has 1 rings (SSSR count). The van der Waals surface area contributed by atoms with Gasteiger partial charge in [0.05, 0.1) is 12.9 Å². The van der Waals surface area contributed by atoms with Crippen LogP contribution in [0.5, 0.6) is 0 Å². The summed E-state index contributed by atoms with van der Waals surface area (Å²) in [5, 5.41) is 9.29. The molecule has 1 atom stereocenters. The molecule has 112 valence electrons. The van der Waals surface area contributed by atoms with E-state index in [9.17, 15) is 9.59 Å². The normalized spacial score (nSPS) is 12.4. The van der Waals surface area contributed by atoms with Crippen LogP contribution in [0.15, 0.2) is 11.4 Å². The molecule has 1 heterocycles. The van der Waals surface area contributed by atoms with Crippen molar-refractivity contribution >= 4 is 23.7 Å². The van der Waals surface area contributed by atoms with Gasteiger partial charge in [0.2, 0.25) is 0 Å². The highest BCUT2D eigenvalue weighted by atomic mass is 32.2. The van der Waals surface area contributed by atoms with E-state index in [1.54, 1.807) is 10.8 Å². The first-order chi connectivity index (χ1) is 9.36. The molecule has 1 N–H and O–H groups in total. The summed E-state index contributed by atoms with van der Waals surface area (Å²) < 4.78 is 6.62. The summed E-state index contributed by atoms with van der Waals surface area (Å²) in [6.45, 7) is 5.88. The third kappa shape index (κ3) is 4.26. The maximum Gasteiger partial charge on any atom is 0.328 e. The molecule has 0 saturated heterocycles. The fourth-order valence-corrected chi connectivity index (χ4v) is 2.72. The van der Waals surface area contributed by atoms with Gasteiger partial charge in [0.1, 0.15) is 6.04 Å². The van der Waals surface area contributed by atoms with Crippen LogP contribution in [0.4, 0.5) is 0 Å². The van der Waals surface area contributed by atoms with Crippen molar-refractivity contribution in [1.29, 1.82) is 0 Å². The zero-order valence-corrected chi connectivity index (χ0v) is 12.9. The van der Waals surface area contributed by atoms with Crippen LogP contribution in [-0.2, 0) is 14.3 Å². The molecule has 6 nitrogen and oxygen atoms in total. The molecule has 0 aliphatic rings. The number of thioether (sulfide) groups is 1. The number of carboxylic acid groups (broad SMARTS) is 1. The molecule has 0 aliphatic heterocycles. The average molecular weight is 300 g/mol. The van der Waals surface area contributed by atoms with Crippen LogP contribution in [0.3, 0.4) is 0 Å². The van der Waals surface area contributed by atoms with Crippen molar-refractivity contribution in [2.75, 3.05) is 12.9 Å². The van der Waals surface area contributed by atoms with E-state index in [0.29, 0.717) is 17.5 Å². The predicted molar refractivity (Wildman–Crippen MR) is 75.8 cm³/mol. The number of aryl methyl sites for hydroxylation is 1. The molecular weight excluding hydrogens is 280 g/mol. The maximum absolute atomic E-state index is 12.0. The molecule has 1 unspecified atom stereocenters. The van der Waals surface area contributed by atoms with Crippen molar-refractivity contribution < 1.29 is 19.4 Å². The van der Waals surface area contributed by atoms with Gasteiger partial charge in [-0.15, -0.1) is 0 Å².